The van der Waals surface area contributed by atoms with Crippen LogP contribution in [0.2, 0.25) is 0 Å². The van der Waals surface area contributed by atoms with Gasteiger partial charge in [-0.15, -0.1) is 0 Å². The minimum atomic E-state index is -0.850. The molecule has 0 aromatic carbocycles. The van der Waals surface area contributed by atoms with Crippen LogP contribution in [0.15, 0.2) is 11.6 Å². The molecule has 8 nitrogen and oxygen atoms in total. The number of carbonyl (C=O) groups excluding carboxylic acids is 1. The summed E-state index contributed by atoms with van der Waals surface area (Å²) in [4.78, 5) is 11.8. The fraction of sp³-hybridized carbons (Fsp3) is 0.900. The summed E-state index contributed by atoms with van der Waals surface area (Å²) < 4.78 is 23.1. The average molecular weight is 535 g/mol. The van der Waals surface area contributed by atoms with Crippen LogP contribution in [-0.2, 0) is 23.7 Å². The zero-order chi connectivity index (χ0) is 27.0. The van der Waals surface area contributed by atoms with Crippen molar-refractivity contribution in [2.24, 2.45) is 34.5 Å². The van der Waals surface area contributed by atoms with Crippen LogP contribution in [0.5, 0.6) is 0 Å². The highest BCUT2D eigenvalue weighted by molar-refractivity contribution is 5.85. The predicted octanol–water partition coefficient (Wildman–Crippen LogP) is 3.11. The van der Waals surface area contributed by atoms with Gasteiger partial charge in [-0.05, 0) is 93.0 Å². The van der Waals surface area contributed by atoms with Crippen LogP contribution in [0.4, 0.5) is 0 Å². The summed E-state index contributed by atoms with van der Waals surface area (Å²) in [5, 5.41) is 34.5. The van der Waals surface area contributed by atoms with Gasteiger partial charge in [0.2, 0.25) is 0 Å². The number of carbonyl (C=O) groups is 1. The molecule has 0 bridgehead atoms. The highest BCUT2D eigenvalue weighted by Gasteiger charge is 2.70. The van der Waals surface area contributed by atoms with Crippen LogP contribution < -0.4 is 0 Å². The summed E-state index contributed by atoms with van der Waals surface area (Å²) in [5.41, 5.74) is -0.389. The lowest BCUT2D eigenvalue weighted by atomic mass is 9.42. The van der Waals surface area contributed by atoms with Crippen molar-refractivity contribution in [1.82, 2.24) is 0 Å². The van der Waals surface area contributed by atoms with Crippen LogP contribution in [0, 0.1) is 34.5 Å². The summed E-state index contributed by atoms with van der Waals surface area (Å²) in [5.74, 6) is 0.285. The molecule has 2 heterocycles. The van der Waals surface area contributed by atoms with E-state index in [0.717, 1.165) is 44.1 Å². The molecule has 2 aliphatic heterocycles. The molecule has 0 radical (unpaired) electrons. The van der Waals surface area contributed by atoms with E-state index in [1.807, 2.05) is 6.92 Å². The van der Waals surface area contributed by atoms with Crippen molar-refractivity contribution in [1.29, 1.82) is 0 Å². The molecule has 4 aliphatic carbocycles. The lowest BCUT2D eigenvalue weighted by Crippen LogP contribution is -2.66. The Morgan fingerprint density at radius 3 is 2.58 bits per heavy atom. The van der Waals surface area contributed by atoms with Gasteiger partial charge in [-0.25, -0.2) is 4.79 Å². The zero-order valence-electron chi connectivity index (χ0n) is 23.3. The van der Waals surface area contributed by atoms with Gasteiger partial charge >= 0.3 is 5.97 Å². The molecule has 0 aromatic heterocycles. The van der Waals surface area contributed by atoms with E-state index in [1.165, 1.54) is 0 Å². The molecule has 0 amide bonds. The second kappa shape index (κ2) is 9.52. The number of aliphatic hydroxyl groups is 3. The van der Waals surface area contributed by atoms with Crippen molar-refractivity contribution in [2.75, 3.05) is 13.7 Å². The van der Waals surface area contributed by atoms with Gasteiger partial charge in [-0.2, -0.15) is 0 Å². The van der Waals surface area contributed by atoms with Gasteiger partial charge in [0.1, 0.15) is 12.7 Å². The maximum absolute atomic E-state index is 12.4. The van der Waals surface area contributed by atoms with E-state index >= 15 is 0 Å². The van der Waals surface area contributed by atoms with Crippen LogP contribution >= 0.6 is 0 Å². The lowest BCUT2D eigenvalue weighted by Gasteiger charge is -2.65. The Balaban J connectivity index is 1.18. The Morgan fingerprint density at radius 1 is 1.08 bits per heavy atom. The number of hydrogen-bond acceptors (Lipinski definition) is 8. The molecule has 1 saturated heterocycles. The molecule has 13 unspecified atom stereocenters. The van der Waals surface area contributed by atoms with Gasteiger partial charge in [0, 0.05) is 25.0 Å². The molecule has 0 aromatic rings. The zero-order valence-corrected chi connectivity index (χ0v) is 23.3. The summed E-state index contributed by atoms with van der Waals surface area (Å²) in [6.07, 6.45) is 6.83. The van der Waals surface area contributed by atoms with Gasteiger partial charge in [0.25, 0.3) is 0 Å². The van der Waals surface area contributed by atoms with Crippen molar-refractivity contribution in [3.8, 4) is 0 Å². The van der Waals surface area contributed by atoms with E-state index in [4.69, 9.17) is 18.9 Å². The largest absolute Gasteiger partial charge is 0.458 e. The molecule has 5 fully saturated rings. The van der Waals surface area contributed by atoms with Gasteiger partial charge in [-0.3, -0.25) is 0 Å². The number of ether oxygens (including phenoxy) is 4. The molecule has 0 spiro atoms. The molecule has 214 valence electrons. The molecule has 13 atom stereocenters. The van der Waals surface area contributed by atoms with Gasteiger partial charge in [-0.1, -0.05) is 13.8 Å². The Labute approximate surface area is 226 Å². The first kappa shape index (κ1) is 27.2. The molecular weight excluding hydrogens is 488 g/mol. The third-order valence-corrected chi connectivity index (χ3v) is 12.2. The number of rotatable bonds is 4. The highest BCUT2D eigenvalue weighted by atomic mass is 16.7. The van der Waals surface area contributed by atoms with Crippen LogP contribution in [-0.4, -0.2) is 77.4 Å². The van der Waals surface area contributed by atoms with Crippen molar-refractivity contribution >= 4 is 5.97 Å². The smallest absolute Gasteiger partial charge is 0.331 e. The fourth-order valence-corrected chi connectivity index (χ4v) is 10.1. The third-order valence-electron chi connectivity index (χ3n) is 12.2. The van der Waals surface area contributed by atoms with Crippen molar-refractivity contribution in [2.45, 2.75) is 121 Å². The van der Waals surface area contributed by atoms with E-state index in [1.54, 1.807) is 13.2 Å². The molecular formula is C30H46O8. The Bertz CT molecular complexity index is 968. The highest BCUT2D eigenvalue weighted by Crippen LogP contribution is 2.70. The number of cyclic esters (lactones) is 1. The molecule has 6 aliphatic rings. The van der Waals surface area contributed by atoms with Gasteiger partial charge in [0.15, 0.2) is 6.29 Å². The van der Waals surface area contributed by atoms with E-state index in [0.29, 0.717) is 31.8 Å². The van der Waals surface area contributed by atoms with Gasteiger partial charge < -0.3 is 34.3 Å². The normalized spacial score (nSPS) is 54.5. The van der Waals surface area contributed by atoms with E-state index in [2.05, 4.69) is 13.8 Å². The standard InChI is InChI=1S/C30H46O8/c1-16-27(33)23(35-4)13-25(37-16)38-19-7-9-28(2)18(12-19)5-6-21-26(28)22(31)14-29(3)20(8-10-30(21,29)34)17-11-24(32)36-15-17/h11,16,18-23,25-27,31,33-34H,5-10,12-15H2,1-4H3. The number of aliphatic hydroxyl groups excluding tert-OH is 2. The molecule has 3 N–H and O–H groups in total. The summed E-state index contributed by atoms with van der Waals surface area (Å²) in [7, 11) is 1.62. The quantitative estimate of drug-likeness (QED) is 0.372. The Kier molecular flexibility index (Phi) is 6.80. The first-order valence-electron chi connectivity index (χ1n) is 14.8. The van der Waals surface area contributed by atoms with Crippen molar-refractivity contribution < 1.29 is 39.1 Å². The monoisotopic (exact) mass is 534 g/mol. The molecule has 8 heteroatoms. The van der Waals surface area contributed by atoms with Crippen LogP contribution in [0.1, 0.15) is 78.6 Å². The first-order valence-corrected chi connectivity index (χ1v) is 14.8. The predicted molar refractivity (Wildman–Crippen MR) is 138 cm³/mol. The minimum Gasteiger partial charge on any atom is -0.458 e. The second-order valence-electron chi connectivity index (χ2n) is 13.7. The third kappa shape index (κ3) is 3.96. The van der Waals surface area contributed by atoms with E-state index in [-0.39, 0.29) is 53.7 Å². The summed E-state index contributed by atoms with van der Waals surface area (Å²) in [6.45, 7) is 6.65. The maximum atomic E-state index is 12.4. The topological polar surface area (TPSA) is 115 Å². The number of fused-ring (bicyclic) bond motifs is 5. The molecule has 6 rings (SSSR count). The van der Waals surface area contributed by atoms with E-state index in [9.17, 15) is 20.1 Å². The number of hydrogen-bond donors (Lipinski definition) is 3. The minimum absolute atomic E-state index is 0.0464. The maximum Gasteiger partial charge on any atom is 0.331 e. The average Bonchev–Trinajstić information content (AvgIpc) is 3.41. The first-order chi connectivity index (χ1) is 18.0. The fourth-order valence-electron chi connectivity index (χ4n) is 10.1. The van der Waals surface area contributed by atoms with Gasteiger partial charge in [0.05, 0.1) is 30.0 Å². The number of methoxy groups -OCH3 is 1. The number of esters is 1. The molecule has 38 heavy (non-hydrogen) atoms. The summed E-state index contributed by atoms with van der Waals surface area (Å²) in [6, 6.07) is 0. The van der Waals surface area contributed by atoms with Crippen LogP contribution in [0.3, 0.4) is 0 Å². The summed E-state index contributed by atoms with van der Waals surface area (Å²) >= 11 is 0. The van der Waals surface area contributed by atoms with E-state index < -0.39 is 23.2 Å². The molecule has 4 saturated carbocycles. The Morgan fingerprint density at radius 2 is 1.87 bits per heavy atom. The second-order valence-corrected chi connectivity index (χ2v) is 13.7. The SMILES string of the molecule is COC1CC(OC2CCC3(C)C(CCC4C3C(O)CC3(C)C(C5=CC(=O)OC5)CCC43O)C2)OC(C)C1O. The van der Waals surface area contributed by atoms with Crippen molar-refractivity contribution in [3.63, 3.8) is 0 Å². The lowest BCUT2D eigenvalue weighted by molar-refractivity contribution is -0.278. The van der Waals surface area contributed by atoms with Crippen LogP contribution in [0.25, 0.3) is 0 Å². The Hall–Kier alpha value is -1.03. The van der Waals surface area contributed by atoms with Crippen molar-refractivity contribution in [3.05, 3.63) is 11.6 Å².